The number of aryl methyl sites for hydroxylation is 2. The summed E-state index contributed by atoms with van der Waals surface area (Å²) in [5.41, 5.74) is 2.55. The summed E-state index contributed by atoms with van der Waals surface area (Å²) in [6.07, 6.45) is 1.55. The second-order valence-corrected chi connectivity index (χ2v) is 6.31. The summed E-state index contributed by atoms with van der Waals surface area (Å²) >= 11 is 0. The molecule has 0 radical (unpaired) electrons. The van der Waals surface area contributed by atoms with Crippen LogP contribution in [0.3, 0.4) is 0 Å². The van der Waals surface area contributed by atoms with Crippen LogP contribution >= 0.6 is 0 Å². The molecule has 2 amide bonds. The number of hydrogen-bond acceptors (Lipinski definition) is 2. The Labute approximate surface area is 150 Å². The standard InChI is InChI=1S/C14H18N2O2.C7H8/c1-11(17)16-10-14(18)15(2)13(16)9-8-12-6-4-3-5-7-12;1-7-5-3-2-4-6-7/h3-7,13H,8-10H2,1-2H3;2-6H,1H3. The van der Waals surface area contributed by atoms with Gasteiger partial charge in [0.05, 0.1) is 0 Å². The largest absolute Gasteiger partial charge is 0.324 e. The number of benzene rings is 2. The van der Waals surface area contributed by atoms with Crippen LogP contribution in [0.5, 0.6) is 0 Å². The molecule has 0 bridgehead atoms. The van der Waals surface area contributed by atoms with E-state index in [9.17, 15) is 9.59 Å². The third-order valence-electron chi connectivity index (χ3n) is 4.38. The third kappa shape index (κ3) is 5.45. The van der Waals surface area contributed by atoms with Crippen molar-refractivity contribution in [3.63, 3.8) is 0 Å². The molecule has 0 spiro atoms. The maximum Gasteiger partial charge on any atom is 0.243 e. The first-order valence-corrected chi connectivity index (χ1v) is 8.57. The second kappa shape index (κ2) is 9.02. The van der Waals surface area contributed by atoms with Crippen molar-refractivity contribution in [1.82, 2.24) is 9.80 Å². The Balaban J connectivity index is 0.000000269. The van der Waals surface area contributed by atoms with E-state index >= 15 is 0 Å². The van der Waals surface area contributed by atoms with Crippen molar-refractivity contribution in [2.24, 2.45) is 0 Å². The molecule has 1 aliphatic heterocycles. The van der Waals surface area contributed by atoms with Gasteiger partial charge in [-0.25, -0.2) is 0 Å². The molecular weight excluding hydrogens is 312 g/mol. The highest BCUT2D eigenvalue weighted by Gasteiger charge is 2.36. The molecule has 0 saturated carbocycles. The zero-order chi connectivity index (χ0) is 18.2. The molecule has 1 unspecified atom stereocenters. The molecule has 2 aromatic carbocycles. The average molecular weight is 338 g/mol. The molecule has 4 heteroatoms. The number of carbonyl (C=O) groups is 2. The van der Waals surface area contributed by atoms with Crippen LogP contribution in [-0.4, -0.2) is 41.4 Å². The van der Waals surface area contributed by atoms with Crippen molar-refractivity contribution in [2.75, 3.05) is 13.6 Å². The van der Waals surface area contributed by atoms with Gasteiger partial charge in [0.1, 0.15) is 12.7 Å². The smallest absolute Gasteiger partial charge is 0.243 e. The van der Waals surface area contributed by atoms with Gasteiger partial charge in [-0.05, 0) is 25.3 Å². The summed E-state index contributed by atoms with van der Waals surface area (Å²) in [4.78, 5) is 26.5. The first-order chi connectivity index (χ1) is 12.0. The minimum Gasteiger partial charge on any atom is -0.324 e. The summed E-state index contributed by atoms with van der Waals surface area (Å²) in [6, 6.07) is 20.4. The van der Waals surface area contributed by atoms with E-state index in [1.807, 2.05) is 36.4 Å². The molecule has 1 aliphatic rings. The number of amides is 2. The van der Waals surface area contributed by atoms with Crippen molar-refractivity contribution in [3.8, 4) is 0 Å². The fourth-order valence-electron chi connectivity index (χ4n) is 2.88. The number of hydrogen-bond donors (Lipinski definition) is 0. The van der Waals surface area contributed by atoms with E-state index in [1.54, 1.807) is 16.8 Å². The minimum atomic E-state index is -0.102. The molecular formula is C21H26N2O2. The highest BCUT2D eigenvalue weighted by Crippen LogP contribution is 2.19. The molecule has 25 heavy (non-hydrogen) atoms. The molecule has 3 rings (SSSR count). The Bertz CT molecular complexity index is 686. The lowest BCUT2D eigenvalue weighted by atomic mass is 10.1. The zero-order valence-corrected chi connectivity index (χ0v) is 15.2. The van der Waals surface area contributed by atoms with E-state index in [1.165, 1.54) is 18.1 Å². The van der Waals surface area contributed by atoms with Crippen molar-refractivity contribution in [2.45, 2.75) is 32.9 Å². The van der Waals surface area contributed by atoms with Gasteiger partial charge in [-0.2, -0.15) is 0 Å². The molecule has 132 valence electrons. The molecule has 1 saturated heterocycles. The van der Waals surface area contributed by atoms with E-state index in [-0.39, 0.29) is 24.5 Å². The van der Waals surface area contributed by atoms with Crippen molar-refractivity contribution >= 4 is 11.8 Å². The van der Waals surface area contributed by atoms with Gasteiger partial charge in [-0.15, -0.1) is 0 Å². The van der Waals surface area contributed by atoms with Crippen LogP contribution in [0.4, 0.5) is 0 Å². The molecule has 1 heterocycles. The molecule has 0 N–H and O–H groups in total. The van der Waals surface area contributed by atoms with Crippen LogP contribution in [-0.2, 0) is 16.0 Å². The van der Waals surface area contributed by atoms with Gasteiger partial charge < -0.3 is 9.80 Å². The lowest BCUT2D eigenvalue weighted by molar-refractivity contribution is -0.131. The van der Waals surface area contributed by atoms with Crippen molar-refractivity contribution < 1.29 is 9.59 Å². The summed E-state index contributed by atoms with van der Waals surface area (Å²) in [7, 11) is 1.76. The fourth-order valence-corrected chi connectivity index (χ4v) is 2.88. The average Bonchev–Trinajstić information content (AvgIpc) is 2.90. The van der Waals surface area contributed by atoms with E-state index < -0.39 is 0 Å². The fraction of sp³-hybridized carbons (Fsp3) is 0.333. The molecule has 0 aromatic heterocycles. The van der Waals surface area contributed by atoms with Gasteiger partial charge in [0.2, 0.25) is 11.8 Å². The highest BCUT2D eigenvalue weighted by atomic mass is 16.2. The SMILES string of the molecule is CC(=O)N1CC(=O)N(C)C1CCc1ccccc1.Cc1ccccc1. The quantitative estimate of drug-likeness (QED) is 0.862. The Hall–Kier alpha value is -2.62. The van der Waals surface area contributed by atoms with Gasteiger partial charge in [0.25, 0.3) is 0 Å². The first kappa shape index (κ1) is 18.7. The van der Waals surface area contributed by atoms with Gasteiger partial charge in [0, 0.05) is 14.0 Å². The van der Waals surface area contributed by atoms with Gasteiger partial charge in [0.15, 0.2) is 0 Å². The van der Waals surface area contributed by atoms with Crippen LogP contribution in [0.15, 0.2) is 60.7 Å². The van der Waals surface area contributed by atoms with Crippen LogP contribution in [0.2, 0.25) is 0 Å². The number of likely N-dealkylation sites (N-methyl/N-ethyl adjacent to an activating group) is 1. The van der Waals surface area contributed by atoms with Crippen molar-refractivity contribution in [1.29, 1.82) is 0 Å². The van der Waals surface area contributed by atoms with E-state index in [0.29, 0.717) is 0 Å². The molecule has 4 nitrogen and oxygen atoms in total. The van der Waals surface area contributed by atoms with Gasteiger partial charge in [-0.3, -0.25) is 9.59 Å². The maximum atomic E-state index is 11.6. The lowest BCUT2D eigenvalue weighted by Gasteiger charge is -2.26. The van der Waals surface area contributed by atoms with E-state index in [0.717, 1.165) is 12.8 Å². The molecule has 2 aromatic rings. The predicted octanol–water partition coefficient (Wildman–Crippen LogP) is 3.26. The summed E-state index contributed by atoms with van der Waals surface area (Å²) < 4.78 is 0. The van der Waals surface area contributed by atoms with Crippen LogP contribution in [0.25, 0.3) is 0 Å². The molecule has 0 aliphatic carbocycles. The van der Waals surface area contributed by atoms with Crippen LogP contribution in [0.1, 0.15) is 24.5 Å². The molecule has 1 fully saturated rings. The van der Waals surface area contributed by atoms with Crippen LogP contribution < -0.4 is 0 Å². The van der Waals surface area contributed by atoms with E-state index in [4.69, 9.17) is 0 Å². The van der Waals surface area contributed by atoms with Crippen molar-refractivity contribution in [3.05, 3.63) is 71.8 Å². The predicted molar refractivity (Wildman–Crippen MR) is 99.9 cm³/mol. The normalized spacial score (nSPS) is 16.4. The first-order valence-electron chi connectivity index (χ1n) is 8.57. The summed E-state index contributed by atoms with van der Waals surface area (Å²) in [5.74, 6) is -0.0194. The Morgan fingerprint density at radius 3 is 2.08 bits per heavy atom. The number of carbonyl (C=O) groups excluding carboxylic acids is 2. The lowest BCUT2D eigenvalue weighted by Crippen LogP contribution is -2.40. The topological polar surface area (TPSA) is 40.6 Å². The van der Waals surface area contributed by atoms with Gasteiger partial charge >= 0.3 is 0 Å². The number of nitrogens with zero attached hydrogens (tertiary/aromatic N) is 2. The number of rotatable bonds is 3. The molecule has 1 atom stereocenters. The zero-order valence-electron chi connectivity index (χ0n) is 15.2. The Morgan fingerprint density at radius 1 is 1.04 bits per heavy atom. The van der Waals surface area contributed by atoms with Crippen LogP contribution in [0, 0.1) is 6.92 Å². The Kier molecular flexibility index (Phi) is 6.75. The third-order valence-corrected chi connectivity index (χ3v) is 4.38. The second-order valence-electron chi connectivity index (χ2n) is 6.31. The monoisotopic (exact) mass is 338 g/mol. The van der Waals surface area contributed by atoms with E-state index in [2.05, 4.69) is 31.2 Å². The Morgan fingerprint density at radius 2 is 1.60 bits per heavy atom. The summed E-state index contributed by atoms with van der Waals surface area (Å²) in [5, 5.41) is 0. The van der Waals surface area contributed by atoms with Gasteiger partial charge in [-0.1, -0.05) is 66.2 Å². The maximum absolute atomic E-state index is 11.6. The highest BCUT2D eigenvalue weighted by molar-refractivity contribution is 5.87. The summed E-state index contributed by atoms with van der Waals surface area (Å²) in [6.45, 7) is 3.81. The minimum absolute atomic E-state index is 0.0169.